The monoisotopic (exact) mass is 668 g/mol. The first-order chi connectivity index (χ1) is 25.6. The predicted octanol–water partition coefficient (Wildman–Crippen LogP) is 12.3. The van der Waals surface area contributed by atoms with Gasteiger partial charge in [0.25, 0.3) is 0 Å². The maximum Gasteiger partial charge on any atom is 0.195 e. The third-order valence-corrected chi connectivity index (χ3v) is 11.6. The van der Waals surface area contributed by atoms with Crippen LogP contribution in [-0.4, -0.2) is 5.78 Å². The SMILES string of the molecule is Cc1c2c(c3c(c1-c1ccccc1)C(=O)c1c(-c4ccccc4)c(C)c4c(c1-3)-c1c(ccc3ccccc13)OC4)-c1c(ccc3ccccc13)OC2. The van der Waals surface area contributed by atoms with Crippen molar-refractivity contribution in [1.82, 2.24) is 0 Å². The van der Waals surface area contributed by atoms with E-state index in [1.54, 1.807) is 0 Å². The molecule has 0 bridgehead atoms. The second-order valence-electron chi connectivity index (χ2n) is 14.2. The van der Waals surface area contributed by atoms with Gasteiger partial charge in [-0.05, 0) is 80.9 Å². The molecule has 0 atom stereocenters. The number of fused-ring (bicyclic) bond motifs is 15. The average Bonchev–Trinajstić information content (AvgIpc) is 3.49. The summed E-state index contributed by atoms with van der Waals surface area (Å²) in [7, 11) is 0. The minimum atomic E-state index is 0.0704. The van der Waals surface area contributed by atoms with E-state index in [4.69, 9.17) is 9.47 Å². The molecule has 1 aliphatic carbocycles. The van der Waals surface area contributed by atoms with Gasteiger partial charge in [-0.25, -0.2) is 0 Å². The molecular formula is C49H32O3. The molecule has 8 aromatic rings. The Morgan fingerprint density at radius 2 is 0.788 bits per heavy atom. The van der Waals surface area contributed by atoms with Gasteiger partial charge in [0.05, 0.1) is 0 Å². The van der Waals surface area contributed by atoms with Crippen molar-refractivity contribution in [3.8, 4) is 67.1 Å². The first-order valence-corrected chi connectivity index (χ1v) is 17.9. The van der Waals surface area contributed by atoms with E-state index < -0.39 is 0 Å². The van der Waals surface area contributed by atoms with E-state index in [0.717, 1.165) is 122 Å². The summed E-state index contributed by atoms with van der Waals surface area (Å²) in [5.74, 6) is 1.76. The summed E-state index contributed by atoms with van der Waals surface area (Å²) in [4.78, 5) is 15.8. The van der Waals surface area contributed by atoms with Crippen LogP contribution in [0, 0.1) is 13.8 Å². The topological polar surface area (TPSA) is 35.5 Å². The van der Waals surface area contributed by atoms with Crippen molar-refractivity contribution in [3.63, 3.8) is 0 Å². The van der Waals surface area contributed by atoms with Crippen LogP contribution in [0.25, 0.3) is 77.2 Å². The Morgan fingerprint density at radius 1 is 0.385 bits per heavy atom. The Bertz CT molecular complexity index is 2670. The van der Waals surface area contributed by atoms with Crippen LogP contribution in [0.3, 0.4) is 0 Å². The zero-order chi connectivity index (χ0) is 34.7. The van der Waals surface area contributed by atoms with Gasteiger partial charge in [0, 0.05) is 55.6 Å². The minimum Gasteiger partial charge on any atom is -0.488 e. The molecule has 246 valence electrons. The van der Waals surface area contributed by atoms with E-state index in [2.05, 4.69) is 135 Å². The molecule has 2 heterocycles. The van der Waals surface area contributed by atoms with Crippen molar-refractivity contribution < 1.29 is 14.3 Å². The molecular weight excluding hydrogens is 637 g/mol. The van der Waals surface area contributed by atoms with Crippen LogP contribution in [0.1, 0.15) is 38.2 Å². The lowest BCUT2D eigenvalue weighted by molar-refractivity contribution is 0.104. The number of hydrogen-bond acceptors (Lipinski definition) is 3. The first kappa shape index (κ1) is 29.3. The van der Waals surface area contributed by atoms with Gasteiger partial charge >= 0.3 is 0 Å². The van der Waals surface area contributed by atoms with Crippen molar-refractivity contribution >= 4 is 27.3 Å². The number of carbonyl (C=O) groups is 1. The van der Waals surface area contributed by atoms with E-state index >= 15 is 4.79 Å². The lowest BCUT2D eigenvalue weighted by Crippen LogP contribution is -2.13. The Balaban J connectivity index is 1.40. The molecule has 0 saturated heterocycles. The standard InChI is InChI=1S/C49H32O3/c1-27-35-25-51-37-23-21-29-13-9-11-19-33(29)41(37)43(35)45-46-44-36(26-52-38-24-22-30-14-10-12-20-34(30)42(38)44)28(2)40(32-17-7-4-8-18-32)48(46)49(50)47(45)39(27)31-15-5-3-6-16-31/h3-24H,25-26H2,1-2H3. The zero-order valence-electron chi connectivity index (χ0n) is 28.8. The van der Waals surface area contributed by atoms with Gasteiger partial charge < -0.3 is 9.47 Å². The maximum absolute atomic E-state index is 15.8. The number of rotatable bonds is 2. The molecule has 0 unspecified atom stereocenters. The van der Waals surface area contributed by atoms with Crippen LogP contribution in [0.15, 0.2) is 133 Å². The summed E-state index contributed by atoms with van der Waals surface area (Å²) in [5.41, 5.74) is 16.3. The van der Waals surface area contributed by atoms with E-state index in [9.17, 15) is 0 Å². The highest BCUT2D eigenvalue weighted by Gasteiger charge is 2.43. The van der Waals surface area contributed by atoms with Gasteiger partial charge in [-0.3, -0.25) is 4.79 Å². The van der Waals surface area contributed by atoms with Crippen LogP contribution in [-0.2, 0) is 13.2 Å². The fourth-order valence-corrected chi connectivity index (χ4v) is 9.34. The van der Waals surface area contributed by atoms with Gasteiger partial charge in [-0.1, -0.05) is 121 Å². The van der Waals surface area contributed by atoms with E-state index in [0.29, 0.717) is 13.2 Å². The molecule has 52 heavy (non-hydrogen) atoms. The van der Waals surface area contributed by atoms with Crippen molar-refractivity contribution in [3.05, 3.63) is 167 Å². The summed E-state index contributed by atoms with van der Waals surface area (Å²) in [6.45, 7) is 5.19. The minimum absolute atomic E-state index is 0.0704. The summed E-state index contributed by atoms with van der Waals surface area (Å²) in [6.07, 6.45) is 0. The predicted molar refractivity (Wildman–Crippen MR) is 210 cm³/mol. The molecule has 3 nitrogen and oxygen atoms in total. The molecule has 0 radical (unpaired) electrons. The number of hydrogen-bond donors (Lipinski definition) is 0. The second-order valence-corrected chi connectivity index (χ2v) is 14.2. The van der Waals surface area contributed by atoms with Crippen molar-refractivity contribution in [2.24, 2.45) is 0 Å². The molecule has 0 saturated carbocycles. The van der Waals surface area contributed by atoms with Gasteiger partial charge in [-0.15, -0.1) is 0 Å². The highest BCUT2D eigenvalue weighted by atomic mass is 16.5. The third-order valence-electron chi connectivity index (χ3n) is 11.6. The average molecular weight is 669 g/mol. The summed E-state index contributed by atoms with van der Waals surface area (Å²) >= 11 is 0. The van der Waals surface area contributed by atoms with Gasteiger partial charge in [-0.2, -0.15) is 0 Å². The molecule has 3 aliphatic rings. The normalized spacial score (nSPS) is 13.4. The molecule has 0 N–H and O–H groups in total. The first-order valence-electron chi connectivity index (χ1n) is 17.9. The van der Waals surface area contributed by atoms with E-state index in [-0.39, 0.29) is 5.78 Å². The Morgan fingerprint density at radius 3 is 1.23 bits per heavy atom. The van der Waals surface area contributed by atoms with Crippen LogP contribution in [0.5, 0.6) is 11.5 Å². The van der Waals surface area contributed by atoms with E-state index in [1.165, 1.54) is 0 Å². The summed E-state index contributed by atoms with van der Waals surface area (Å²) in [6, 6.07) is 46.4. The highest BCUT2D eigenvalue weighted by Crippen LogP contribution is 2.61. The van der Waals surface area contributed by atoms with Crippen LogP contribution < -0.4 is 9.47 Å². The number of benzene rings is 8. The van der Waals surface area contributed by atoms with Crippen LogP contribution >= 0.6 is 0 Å². The fourth-order valence-electron chi connectivity index (χ4n) is 9.34. The summed E-state index contributed by atoms with van der Waals surface area (Å²) < 4.78 is 13.3. The third kappa shape index (κ3) is 3.83. The number of ketones is 1. The molecule has 0 fully saturated rings. The van der Waals surface area contributed by atoms with Gasteiger partial charge in [0.1, 0.15) is 24.7 Å². The van der Waals surface area contributed by atoms with Crippen molar-refractivity contribution in [2.75, 3.05) is 0 Å². The molecule has 8 aromatic carbocycles. The van der Waals surface area contributed by atoms with Gasteiger partial charge in [0.15, 0.2) is 5.78 Å². The lowest BCUT2D eigenvalue weighted by Gasteiger charge is -2.31. The Labute approximate surface area is 301 Å². The Kier molecular flexibility index (Phi) is 6.07. The molecule has 0 spiro atoms. The van der Waals surface area contributed by atoms with Gasteiger partial charge in [0.2, 0.25) is 0 Å². The Hall–Kier alpha value is -6.45. The molecule has 3 heteroatoms. The molecule has 11 rings (SSSR count). The maximum atomic E-state index is 15.8. The molecule has 0 aromatic heterocycles. The smallest absolute Gasteiger partial charge is 0.195 e. The summed E-state index contributed by atoms with van der Waals surface area (Å²) in [5, 5.41) is 4.52. The van der Waals surface area contributed by atoms with Crippen LogP contribution in [0.4, 0.5) is 0 Å². The zero-order valence-corrected chi connectivity index (χ0v) is 28.8. The lowest BCUT2D eigenvalue weighted by atomic mass is 9.76. The van der Waals surface area contributed by atoms with Crippen LogP contribution in [0.2, 0.25) is 0 Å². The molecule has 0 amide bonds. The molecule has 2 aliphatic heterocycles. The number of carbonyl (C=O) groups excluding carboxylic acids is 1. The highest BCUT2D eigenvalue weighted by molar-refractivity contribution is 6.33. The van der Waals surface area contributed by atoms with Crippen molar-refractivity contribution in [1.29, 1.82) is 0 Å². The van der Waals surface area contributed by atoms with Crippen molar-refractivity contribution in [2.45, 2.75) is 27.1 Å². The quantitative estimate of drug-likeness (QED) is 0.184. The second kappa shape index (κ2) is 10.8. The van der Waals surface area contributed by atoms with E-state index in [1.807, 2.05) is 12.1 Å². The fraction of sp³-hybridized carbons (Fsp3) is 0.0816. The largest absolute Gasteiger partial charge is 0.488 e. The number of ether oxygens (including phenoxy) is 2.